The van der Waals surface area contributed by atoms with Crippen molar-refractivity contribution in [1.29, 1.82) is 0 Å². The lowest BCUT2D eigenvalue weighted by molar-refractivity contribution is 0.627. The predicted molar refractivity (Wildman–Crippen MR) is 260 cm³/mol. The molecule has 64 heavy (non-hydrogen) atoms. The Morgan fingerprint density at radius 3 is 0.859 bits per heavy atom. The lowest BCUT2D eigenvalue weighted by Gasteiger charge is -2.25. The molecule has 0 atom stereocenters. The Labute approximate surface area is 370 Å². The van der Waals surface area contributed by atoms with Gasteiger partial charge in [-0.2, -0.15) is 0 Å². The van der Waals surface area contributed by atoms with E-state index in [1.165, 1.54) is 24.3 Å². The number of aromatic nitrogens is 2. The van der Waals surface area contributed by atoms with Crippen molar-refractivity contribution in [2.45, 2.75) is 0 Å². The molecule has 4 nitrogen and oxygen atoms in total. The van der Waals surface area contributed by atoms with E-state index in [0.717, 1.165) is 89.8 Å². The largest absolute Gasteiger partial charge is 0.311 e. The second kappa shape index (κ2) is 16.4. The third-order valence-electron chi connectivity index (χ3n) is 11.8. The van der Waals surface area contributed by atoms with Gasteiger partial charge in [0.15, 0.2) is 0 Å². The average Bonchev–Trinajstić information content (AvgIpc) is 3.91. The Morgan fingerprint density at radius 2 is 0.562 bits per heavy atom. The molecule has 6 heteroatoms. The van der Waals surface area contributed by atoms with Crippen molar-refractivity contribution in [2.24, 2.45) is 0 Å². The normalized spacial score (nSPS) is 11.3. The molecule has 9 aromatic carbocycles. The number of hydrogen-bond acceptors (Lipinski definition) is 2. The molecule has 0 aliphatic heterocycles. The number of rotatable bonds is 10. The van der Waals surface area contributed by atoms with E-state index in [0.29, 0.717) is 0 Å². The number of anilines is 6. The monoisotopic (exact) mass is 830 g/mol. The maximum Gasteiger partial charge on any atom is 0.123 e. The zero-order valence-electron chi connectivity index (χ0n) is 34.6. The fourth-order valence-electron chi connectivity index (χ4n) is 8.84. The lowest BCUT2D eigenvalue weighted by atomic mass is 10.1. The molecular weight excluding hydrogens is 791 g/mol. The fourth-order valence-corrected chi connectivity index (χ4v) is 8.84. The Kier molecular flexibility index (Phi) is 9.86. The van der Waals surface area contributed by atoms with Crippen molar-refractivity contribution < 1.29 is 8.78 Å². The van der Waals surface area contributed by atoms with Gasteiger partial charge in [-0.25, -0.2) is 8.78 Å². The van der Waals surface area contributed by atoms with Crippen LogP contribution in [0.25, 0.3) is 55.7 Å². The Hall–Kier alpha value is -8.48. The van der Waals surface area contributed by atoms with Crippen LogP contribution in [0.5, 0.6) is 0 Å². The Bertz CT molecular complexity index is 3040. The number of nitrogens with zero attached hydrogens (tertiary/aromatic N) is 4. The molecule has 0 aliphatic rings. The summed E-state index contributed by atoms with van der Waals surface area (Å²) in [6, 6.07) is 80.8. The maximum absolute atomic E-state index is 14.5. The minimum absolute atomic E-state index is 0.293. The molecule has 0 radical (unpaired) electrons. The van der Waals surface area contributed by atoms with E-state index in [1.807, 2.05) is 48.5 Å². The zero-order chi connectivity index (χ0) is 43.0. The summed E-state index contributed by atoms with van der Waals surface area (Å²) in [5.41, 5.74) is 13.9. The number of benzene rings is 9. The Morgan fingerprint density at radius 1 is 0.281 bits per heavy atom. The molecule has 2 aromatic heterocycles. The van der Waals surface area contributed by atoms with Crippen molar-refractivity contribution in [1.82, 2.24) is 9.13 Å². The minimum atomic E-state index is -0.293. The van der Waals surface area contributed by atoms with Crippen molar-refractivity contribution >= 4 is 55.9 Å². The summed E-state index contributed by atoms with van der Waals surface area (Å²) in [4.78, 5) is 4.49. The van der Waals surface area contributed by atoms with Crippen LogP contribution in [0.2, 0.25) is 0 Å². The van der Waals surface area contributed by atoms with Gasteiger partial charge >= 0.3 is 0 Å². The topological polar surface area (TPSA) is 16.3 Å². The second-order valence-corrected chi connectivity index (χ2v) is 15.8. The van der Waals surface area contributed by atoms with Crippen molar-refractivity contribution in [3.05, 3.63) is 254 Å². The molecule has 0 saturated heterocycles. The van der Waals surface area contributed by atoms with E-state index in [1.54, 1.807) is 0 Å². The first-order valence-corrected chi connectivity index (χ1v) is 21.3. The van der Waals surface area contributed by atoms with Crippen LogP contribution in [0, 0.1) is 11.6 Å². The first kappa shape index (κ1) is 38.4. The predicted octanol–water partition coefficient (Wildman–Crippen LogP) is 16.1. The highest BCUT2D eigenvalue weighted by atomic mass is 19.1. The van der Waals surface area contributed by atoms with Gasteiger partial charge in [0.2, 0.25) is 0 Å². The third kappa shape index (κ3) is 7.17. The van der Waals surface area contributed by atoms with Crippen molar-refractivity contribution in [2.75, 3.05) is 9.80 Å². The van der Waals surface area contributed by atoms with Crippen LogP contribution in [0.1, 0.15) is 0 Å². The van der Waals surface area contributed by atoms with Crippen LogP contribution in [0.3, 0.4) is 0 Å². The first-order valence-electron chi connectivity index (χ1n) is 21.3. The van der Waals surface area contributed by atoms with Gasteiger partial charge in [0.05, 0.1) is 22.4 Å². The van der Waals surface area contributed by atoms with Crippen molar-refractivity contribution in [3.63, 3.8) is 0 Å². The van der Waals surface area contributed by atoms with Gasteiger partial charge in [-0.3, -0.25) is 0 Å². The number of fused-ring (bicyclic) bond motifs is 2. The molecule has 11 aromatic rings. The quantitative estimate of drug-likeness (QED) is 0.137. The Balaban J connectivity index is 1.05. The van der Waals surface area contributed by atoms with Gasteiger partial charge in [-0.1, -0.05) is 97.1 Å². The molecule has 0 spiro atoms. The van der Waals surface area contributed by atoms with Gasteiger partial charge in [-0.05, 0) is 157 Å². The van der Waals surface area contributed by atoms with E-state index in [4.69, 9.17) is 0 Å². The molecule has 0 amide bonds. The molecule has 11 rings (SSSR count). The average molecular weight is 831 g/mol. The minimum Gasteiger partial charge on any atom is -0.311 e. The summed E-state index contributed by atoms with van der Waals surface area (Å²) >= 11 is 0. The number of hydrogen-bond donors (Lipinski definition) is 0. The highest BCUT2D eigenvalue weighted by Crippen LogP contribution is 2.41. The molecular formula is C58H40F2N4. The molecule has 2 heterocycles. The molecule has 0 unspecified atom stereocenters. The number of halogens is 2. The fraction of sp³-hybridized carbons (Fsp3) is 0. The van der Waals surface area contributed by atoms with Gasteiger partial charge in [0.1, 0.15) is 11.6 Å². The van der Waals surface area contributed by atoms with Gasteiger partial charge in [-0.15, -0.1) is 0 Å². The zero-order valence-corrected chi connectivity index (χ0v) is 34.6. The molecule has 0 N–H and O–H groups in total. The molecule has 0 saturated carbocycles. The van der Waals surface area contributed by atoms with Crippen LogP contribution < -0.4 is 9.80 Å². The van der Waals surface area contributed by atoms with E-state index in [9.17, 15) is 8.78 Å². The van der Waals surface area contributed by atoms with E-state index in [-0.39, 0.29) is 11.6 Å². The van der Waals surface area contributed by atoms with Gasteiger partial charge in [0, 0.05) is 56.3 Å². The van der Waals surface area contributed by atoms with E-state index in [2.05, 4.69) is 189 Å². The summed E-state index contributed by atoms with van der Waals surface area (Å²) < 4.78 is 33.4. The maximum atomic E-state index is 14.5. The summed E-state index contributed by atoms with van der Waals surface area (Å²) in [5.74, 6) is -0.587. The second-order valence-electron chi connectivity index (χ2n) is 15.8. The summed E-state index contributed by atoms with van der Waals surface area (Å²) in [7, 11) is 0. The highest BCUT2D eigenvalue weighted by molar-refractivity contribution is 6.02. The SMILES string of the molecule is Fc1ccc(-n2c(-c3ccc(N(c4ccccc4)c4ccccc4)cc3)cc3cc4c(cc(-c5ccc(N(c6ccccc6)c6ccccc6)cc5)n4-c4ccc(F)cc4)cc32)cc1. The van der Waals surface area contributed by atoms with Crippen LogP contribution in [0.15, 0.2) is 243 Å². The van der Waals surface area contributed by atoms with Crippen LogP contribution >= 0.6 is 0 Å². The lowest BCUT2D eigenvalue weighted by Crippen LogP contribution is -2.09. The van der Waals surface area contributed by atoms with Crippen LogP contribution in [0.4, 0.5) is 42.9 Å². The first-order chi connectivity index (χ1) is 31.6. The summed E-state index contributed by atoms with van der Waals surface area (Å²) in [5, 5.41) is 2.02. The highest BCUT2D eigenvalue weighted by Gasteiger charge is 2.20. The van der Waals surface area contributed by atoms with E-state index < -0.39 is 0 Å². The molecule has 306 valence electrons. The molecule has 0 aliphatic carbocycles. The van der Waals surface area contributed by atoms with Crippen molar-refractivity contribution in [3.8, 4) is 33.9 Å². The van der Waals surface area contributed by atoms with Crippen LogP contribution in [-0.2, 0) is 0 Å². The number of para-hydroxylation sites is 4. The summed E-state index contributed by atoms with van der Waals surface area (Å²) in [6.07, 6.45) is 0. The smallest absolute Gasteiger partial charge is 0.123 e. The summed E-state index contributed by atoms with van der Waals surface area (Å²) in [6.45, 7) is 0. The third-order valence-corrected chi connectivity index (χ3v) is 11.8. The van der Waals surface area contributed by atoms with Gasteiger partial charge < -0.3 is 18.9 Å². The standard InChI is InChI=1S/C58H40F2N4/c59-45-25-33-53(34-26-45)63-55(41-21-29-51(30-22-41)61(47-13-5-1-6-14-47)48-15-7-2-8-16-48)37-43-39-58-44(40-57(43)63)38-56(64(58)54-35-27-46(60)28-36-54)42-23-31-52(32-24-42)62(49-17-9-3-10-18-49)50-19-11-4-12-20-50/h1-40H. The molecule has 0 fully saturated rings. The van der Waals surface area contributed by atoms with Gasteiger partial charge in [0.25, 0.3) is 0 Å². The van der Waals surface area contributed by atoms with Crippen LogP contribution in [-0.4, -0.2) is 9.13 Å². The molecule has 0 bridgehead atoms. The van der Waals surface area contributed by atoms with E-state index >= 15 is 0 Å².